The predicted molar refractivity (Wildman–Crippen MR) is 94.5 cm³/mol. The molecule has 0 saturated carbocycles. The minimum Gasteiger partial charge on any atom is -0.482 e. The number of fused-ring (bicyclic) bond motifs is 1. The third-order valence-corrected chi connectivity index (χ3v) is 4.24. The van der Waals surface area contributed by atoms with E-state index in [-0.39, 0.29) is 12.3 Å². The van der Waals surface area contributed by atoms with Gasteiger partial charge < -0.3 is 14.8 Å². The van der Waals surface area contributed by atoms with Gasteiger partial charge in [0.1, 0.15) is 11.6 Å². The monoisotopic (exact) mass is 357 g/mol. The van der Waals surface area contributed by atoms with Gasteiger partial charge >= 0.3 is 5.97 Å². The summed E-state index contributed by atoms with van der Waals surface area (Å²) in [4.78, 5) is 23.9. The van der Waals surface area contributed by atoms with Crippen molar-refractivity contribution in [1.82, 2.24) is 0 Å². The molecule has 1 N–H and O–H groups in total. The molecule has 3 rings (SSSR count). The van der Waals surface area contributed by atoms with Crippen LogP contribution in [0.1, 0.15) is 24.5 Å². The number of hydrogen-bond acceptors (Lipinski definition) is 4. The Bertz CT molecular complexity index is 821. The molecule has 0 radical (unpaired) electrons. The van der Waals surface area contributed by atoms with E-state index in [0.29, 0.717) is 5.75 Å². The lowest BCUT2D eigenvalue weighted by Crippen LogP contribution is -2.31. The molecule has 0 aliphatic heterocycles. The van der Waals surface area contributed by atoms with Crippen LogP contribution in [-0.4, -0.2) is 24.6 Å². The Morgan fingerprint density at radius 1 is 1.15 bits per heavy atom. The van der Waals surface area contributed by atoms with E-state index >= 15 is 0 Å². The second kappa shape index (κ2) is 7.99. The van der Waals surface area contributed by atoms with Gasteiger partial charge in [0.2, 0.25) is 0 Å². The fraction of sp³-hybridized carbons (Fsp3) is 0.300. The Morgan fingerprint density at radius 3 is 2.73 bits per heavy atom. The molecule has 0 fully saturated rings. The maximum Gasteiger partial charge on any atom is 0.344 e. The van der Waals surface area contributed by atoms with E-state index < -0.39 is 23.8 Å². The molecule has 1 amide bonds. The minimum absolute atomic E-state index is 0.0368. The number of amides is 1. The number of carbonyl (C=O) groups is 2. The maximum absolute atomic E-state index is 13.5. The number of benzene rings is 2. The average molecular weight is 357 g/mol. The lowest BCUT2D eigenvalue weighted by Gasteiger charge is -2.14. The lowest BCUT2D eigenvalue weighted by atomic mass is 10.1. The number of esters is 1. The topological polar surface area (TPSA) is 64.6 Å². The van der Waals surface area contributed by atoms with Gasteiger partial charge in [-0.05, 0) is 61.6 Å². The zero-order valence-corrected chi connectivity index (χ0v) is 14.5. The number of para-hydroxylation sites is 1. The van der Waals surface area contributed by atoms with E-state index in [0.717, 1.165) is 19.3 Å². The summed E-state index contributed by atoms with van der Waals surface area (Å²) in [7, 11) is 0. The van der Waals surface area contributed by atoms with Crippen LogP contribution in [0.2, 0.25) is 0 Å². The Hall–Kier alpha value is -2.89. The van der Waals surface area contributed by atoms with Crippen LogP contribution in [0.15, 0.2) is 42.5 Å². The number of hydrogen-bond donors (Lipinski definition) is 1. The molecule has 136 valence electrons. The Balaban J connectivity index is 1.48. The first-order valence-electron chi connectivity index (χ1n) is 8.52. The zero-order valence-electron chi connectivity index (χ0n) is 14.5. The molecule has 0 spiro atoms. The highest BCUT2D eigenvalue weighted by Gasteiger charge is 2.19. The lowest BCUT2D eigenvalue weighted by molar-refractivity contribution is -0.155. The number of halogens is 1. The Morgan fingerprint density at radius 2 is 1.92 bits per heavy atom. The number of aryl methyl sites for hydroxylation is 2. The number of ether oxygens (including phenoxy) is 2. The molecule has 0 heterocycles. The van der Waals surface area contributed by atoms with E-state index in [2.05, 4.69) is 5.32 Å². The molecule has 6 heteroatoms. The van der Waals surface area contributed by atoms with Gasteiger partial charge in [-0.3, -0.25) is 4.79 Å². The van der Waals surface area contributed by atoms with E-state index in [1.54, 1.807) is 6.07 Å². The molecule has 26 heavy (non-hydrogen) atoms. The molecule has 0 saturated heterocycles. The van der Waals surface area contributed by atoms with Gasteiger partial charge in [0, 0.05) is 0 Å². The van der Waals surface area contributed by atoms with E-state index in [1.165, 1.54) is 36.2 Å². The van der Waals surface area contributed by atoms with Crippen molar-refractivity contribution in [2.45, 2.75) is 32.3 Å². The predicted octanol–water partition coefficient (Wildman–Crippen LogP) is 3.26. The van der Waals surface area contributed by atoms with Crippen molar-refractivity contribution in [3.8, 4) is 5.75 Å². The molecular weight excluding hydrogens is 337 g/mol. The molecule has 0 bridgehead atoms. The molecule has 1 atom stereocenters. The second-order valence-electron chi connectivity index (χ2n) is 6.17. The molecule has 2 aromatic rings. The smallest absolute Gasteiger partial charge is 0.344 e. The summed E-state index contributed by atoms with van der Waals surface area (Å²) < 4.78 is 24.0. The fourth-order valence-electron chi connectivity index (χ4n) is 2.86. The van der Waals surface area contributed by atoms with Crippen LogP contribution < -0.4 is 10.1 Å². The van der Waals surface area contributed by atoms with E-state index in [1.807, 2.05) is 18.2 Å². The summed E-state index contributed by atoms with van der Waals surface area (Å²) >= 11 is 0. The quantitative estimate of drug-likeness (QED) is 0.806. The second-order valence-corrected chi connectivity index (χ2v) is 6.17. The summed E-state index contributed by atoms with van der Waals surface area (Å²) in [6, 6.07) is 11.5. The van der Waals surface area contributed by atoms with Crippen LogP contribution in [0.5, 0.6) is 5.75 Å². The maximum atomic E-state index is 13.5. The van der Waals surface area contributed by atoms with Crippen LogP contribution in [-0.2, 0) is 27.2 Å². The summed E-state index contributed by atoms with van der Waals surface area (Å²) in [5.41, 5.74) is 2.60. The third-order valence-electron chi connectivity index (χ3n) is 4.24. The van der Waals surface area contributed by atoms with Gasteiger partial charge in [0.15, 0.2) is 12.7 Å². The SMILES string of the molecule is CC(OC(=O)COc1ccc2c(c1)CCC2)C(=O)Nc1ccccc1F. The van der Waals surface area contributed by atoms with Gasteiger partial charge in [-0.25, -0.2) is 9.18 Å². The van der Waals surface area contributed by atoms with Crippen molar-refractivity contribution in [3.05, 3.63) is 59.4 Å². The third kappa shape index (κ3) is 4.39. The molecule has 1 aliphatic rings. The number of rotatable bonds is 6. The molecule has 0 aromatic heterocycles. The van der Waals surface area contributed by atoms with Crippen LogP contribution in [0, 0.1) is 5.82 Å². The van der Waals surface area contributed by atoms with Gasteiger partial charge in [-0.1, -0.05) is 18.2 Å². The molecule has 2 aromatic carbocycles. The first kappa shape index (κ1) is 17.9. The van der Waals surface area contributed by atoms with Crippen LogP contribution in [0.3, 0.4) is 0 Å². The van der Waals surface area contributed by atoms with Crippen molar-refractivity contribution in [1.29, 1.82) is 0 Å². The number of anilines is 1. The molecule has 1 aliphatic carbocycles. The summed E-state index contributed by atoms with van der Waals surface area (Å²) in [6.07, 6.45) is 2.16. The highest BCUT2D eigenvalue weighted by molar-refractivity contribution is 5.95. The zero-order chi connectivity index (χ0) is 18.5. The van der Waals surface area contributed by atoms with Crippen LogP contribution >= 0.6 is 0 Å². The van der Waals surface area contributed by atoms with Crippen molar-refractivity contribution in [2.75, 3.05) is 11.9 Å². The van der Waals surface area contributed by atoms with Crippen molar-refractivity contribution in [2.24, 2.45) is 0 Å². The summed E-state index contributed by atoms with van der Waals surface area (Å²) in [6.45, 7) is 1.12. The number of nitrogens with one attached hydrogen (secondary N) is 1. The van der Waals surface area contributed by atoms with Crippen molar-refractivity contribution in [3.63, 3.8) is 0 Å². The Labute approximate surface area is 151 Å². The largest absolute Gasteiger partial charge is 0.482 e. The fourth-order valence-corrected chi connectivity index (χ4v) is 2.86. The van der Waals surface area contributed by atoms with Gasteiger partial charge in [0.05, 0.1) is 5.69 Å². The first-order valence-corrected chi connectivity index (χ1v) is 8.52. The van der Waals surface area contributed by atoms with E-state index in [4.69, 9.17) is 9.47 Å². The van der Waals surface area contributed by atoms with Crippen molar-refractivity contribution < 1.29 is 23.5 Å². The molecule has 1 unspecified atom stereocenters. The first-order chi connectivity index (χ1) is 12.5. The minimum atomic E-state index is -1.06. The van der Waals surface area contributed by atoms with Gasteiger partial charge in [0.25, 0.3) is 5.91 Å². The highest BCUT2D eigenvalue weighted by atomic mass is 19.1. The van der Waals surface area contributed by atoms with Crippen molar-refractivity contribution >= 4 is 17.6 Å². The molecule has 5 nitrogen and oxygen atoms in total. The van der Waals surface area contributed by atoms with E-state index in [9.17, 15) is 14.0 Å². The normalized spacial score (nSPS) is 13.6. The Kier molecular flexibility index (Phi) is 5.51. The number of carbonyl (C=O) groups excluding carboxylic acids is 2. The average Bonchev–Trinajstić information content (AvgIpc) is 3.09. The van der Waals surface area contributed by atoms with Gasteiger partial charge in [-0.2, -0.15) is 0 Å². The summed E-state index contributed by atoms with van der Waals surface area (Å²) in [5, 5.41) is 2.39. The standard InChI is InChI=1S/C20H20FNO4/c1-13(20(24)22-18-8-3-2-7-17(18)21)26-19(23)12-25-16-10-9-14-5-4-6-15(14)11-16/h2-3,7-11,13H,4-6,12H2,1H3,(H,22,24). The molecular formula is C20H20FNO4. The van der Waals surface area contributed by atoms with Crippen LogP contribution in [0.25, 0.3) is 0 Å². The summed E-state index contributed by atoms with van der Waals surface area (Å²) in [5.74, 6) is -1.23. The highest BCUT2D eigenvalue weighted by Crippen LogP contribution is 2.26. The van der Waals surface area contributed by atoms with Gasteiger partial charge in [-0.15, -0.1) is 0 Å². The van der Waals surface area contributed by atoms with Crippen LogP contribution in [0.4, 0.5) is 10.1 Å².